The van der Waals surface area contributed by atoms with Crippen molar-refractivity contribution >= 4 is 22.5 Å². The van der Waals surface area contributed by atoms with Crippen LogP contribution >= 0.6 is 0 Å². The third kappa shape index (κ3) is 4.09. The number of hydrogen-bond donors (Lipinski definition) is 1. The van der Waals surface area contributed by atoms with Crippen LogP contribution in [0.3, 0.4) is 0 Å². The average Bonchev–Trinajstić information content (AvgIpc) is 3.44. The third-order valence-electron chi connectivity index (χ3n) is 5.86. The van der Waals surface area contributed by atoms with Gasteiger partial charge >= 0.3 is 0 Å². The summed E-state index contributed by atoms with van der Waals surface area (Å²) >= 11 is 0. The van der Waals surface area contributed by atoms with E-state index in [0.717, 1.165) is 47.4 Å². The van der Waals surface area contributed by atoms with Crippen LogP contribution in [0, 0.1) is 5.82 Å². The first-order valence-electron chi connectivity index (χ1n) is 10.6. The molecule has 0 aliphatic carbocycles. The van der Waals surface area contributed by atoms with Crippen LogP contribution in [0.5, 0.6) is 0 Å². The van der Waals surface area contributed by atoms with Crippen LogP contribution in [0.25, 0.3) is 22.0 Å². The van der Waals surface area contributed by atoms with Crippen molar-refractivity contribution in [2.24, 2.45) is 7.05 Å². The smallest absolute Gasteiger partial charge is 0.256 e. The molecule has 1 saturated heterocycles. The zero-order chi connectivity index (χ0) is 22.1. The SMILES string of the molecule is Cn1ncc(-c2cc3cc(NC(=O)c4ccc(F)cc4)ncc3cn2)c1CN1CCCC1. The minimum absolute atomic E-state index is 0.341. The highest BCUT2D eigenvalue weighted by Crippen LogP contribution is 2.27. The Hall–Kier alpha value is -3.65. The summed E-state index contributed by atoms with van der Waals surface area (Å²) in [5.41, 5.74) is 3.35. The number of rotatable bonds is 5. The number of fused-ring (bicyclic) bond motifs is 1. The molecule has 5 rings (SSSR count). The average molecular weight is 430 g/mol. The fourth-order valence-corrected chi connectivity index (χ4v) is 4.06. The molecule has 162 valence electrons. The number of aromatic nitrogens is 4. The summed E-state index contributed by atoms with van der Waals surface area (Å²) in [7, 11) is 1.96. The topological polar surface area (TPSA) is 75.9 Å². The van der Waals surface area contributed by atoms with Crippen molar-refractivity contribution in [2.75, 3.05) is 18.4 Å². The summed E-state index contributed by atoms with van der Waals surface area (Å²) in [5, 5.41) is 9.03. The van der Waals surface area contributed by atoms with Gasteiger partial charge in [-0.25, -0.2) is 9.37 Å². The summed E-state index contributed by atoms with van der Waals surface area (Å²) in [6, 6.07) is 9.21. The van der Waals surface area contributed by atoms with E-state index in [1.165, 1.54) is 37.1 Å². The standard InChI is InChI=1S/C24H23FN6O/c1-30-22(15-31-8-2-3-9-31)20(14-28-30)21-10-17-11-23(27-13-18(17)12-26-21)29-24(32)16-4-6-19(25)7-5-16/h4-7,10-14H,2-3,8-9,15H2,1H3,(H,27,29,32). The number of anilines is 1. The van der Waals surface area contributed by atoms with Gasteiger partial charge in [-0.1, -0.05) is 0 Å². The van der Waals surface area contributed by atoms with Crippen LogP contribution in [0.2, 0.25) is 0 Å². The molecule has 0 spiro atoms. The van der Waals surface area contributed by atoms with Crippen molar-refractivity contribution in [1.82, 2.24) is 24.6 Å². The van der Waals surface area contributed by atoms with Gasteiger partial charge in [0.1, 0.15) is 11.6 Å². The predicted molar refractivity (Wildman–Crippen MR) is 121 cm³/mol. The molecule has 8 heteroatoms. The fraction of sp³-hybridized carbons (Fsp3) is 0.250. The molecule has 1 N–H and O–H groups in total. The lowest BCUT2D eigenvalue weighted by Crippen LogP contribution is -2.20. The number of pyridine rings is 2. The summed E-state index contributed by atoms with van der Waals surface area (Å²) in [6.07, 6.45) is 7.80. The number of nitrogens with zero attached hydrogens (tertiary/aromatic N) is 5. The molecule has 1 aliphatic rings. The molecule has 0 bridgehead atoms. The maximum absolute atomic E-state index is 13.1. The maximum Gasteiger partial charge on any atom is 0.256 e. The largest absolute Gasteiger partial charge is 0.307 e. The quantitative estimate of drug-likeness (QED) is 0.518. The number of aryl methyl sites for hydroxylation is 1. The first-order chi connectivity index (χ1) is 15.6. The van der Waals surface area contributed by atoms with Gasteiger partial charge in [-0.2, -0.15) is 5.10 Å². The lowest BCUT2D eigenvalue weighted by Gasteiger charge is -2.16. The normalized spacial score (nSPS) is 14.2. The zero-order valence-corrected chi connectivity index (χ0v) is 17.8. The van der Waals surface area contributed by atoms with Gasteiger partial charge in [-0.05, 0) is 67.7 Å². The monoisotopic (exact) mass is 430 g/mol. The van der Waals surface area contributed by atoms with E-state index in [4.69, 9.17) is 0 Å². The van der Waals surface area contributed by atoms with Crippen molar-refractivity contribution in [3.8, 4) is 11.3 Å². The van der Waals surface area contributed by atoms with Crippen molar-refractivity contribution in [3.63, 3.8) is 0 Å². The van der Waals surface area contributed by atoms with Crippen LogP contribution in [0.4, 0.5) is 10.2 Å². The fourth-order valence-electron chi connectivity index (χ4n) is 4.06. The number of carbonyl (C=O) groups is 1. The minimum Gasteiger partial charge on any atom is -0.307 e. The molecule has 4 heterocycles. The van der Waals surface area contributed by atoms with Crippen LogP contribution in [-0.4, -0.2) is 43.6 Å². The van der Waals surface area contributed by atoms with Gasteiger partial charge in [0, 0.05) is 42.5 Å². The van der Waals surface area contributed by atoms with E-state index in [9.17, 15) is 9.18 Å². The van der Waals surface area contributed by atoms with Crippen LogP contribution < -0.4 is 5.32 Å². The molecule has 1 aromatic carbocycles. The molecule has 0 unspecified atom stereocenters. The number of amides is 1. The van der Waals surface area contributed by atoms with Gasteiger partial charge in [0.05, 0.1) is 17.6 Å². The van der Waals surface area contributed by atoms with E-state index < -0.39 is 0 Å². The highest BCUT2D eigenvalue weighted by Gasteiger charge is 2.18. The van der Waals surface area contributed by atoms with Crippen molar-refractivity contribution in [1.29, 1.82) is 0 Å². The molecule has 0 saturated carbocycles. The van der Waals surface area contributed by atoms with E-state index in [1.807, 2.05) is 30.1 Å². The van der Waals surface area contributed by atoms with Crippen molar-refractivity contribution in [3.05, 3.63) is 72.1 Å². The molecule has 32 heavy (non-hydrogen) atoms. The summed E-state index contributed by atoms with van der Waals surface area (Å²) in [5.74, 6) is -0.302. The van der Waals surface area contributed by atoms with Gasteiger partial charge in [0.2, 0.25) is 0 Å². The molecule has 4 aromatic rings. The number of carbonyl (C=O) groups excluding carboxylic acids is 1. The maximum atomic E-state index is 13.1. The molecule has 1 fully saturated rings. The number of hydrogen-bond acceptors (Lipinski definition) is 5. The Bertz CT molecular complexity index is 1280. The number of benzene rings is 1. The Balaban J connectivity index is 1.43. The first-order valence-corrected chi connectivity index (χ1v) is 10.6. The molecule has 0 atom stereocenters. The lowest BCUT2D eigenvalue weighted by molar-refractivity contribution is 0.102. The second kappa shape index (κ2) is 8.47. The van der Waals surface area contributed by atoms with Gasteiger partial charge in [-0.3, -0.25) is 19.4 Å². The Morgan fingerprint density at radius 1 is 1.03 bits per heavy atom. The highest BCUT2D eigenvalue weighted by molar-refractivity contribution is 6.04. The number of likely N-dealkylation sites (tertiary alicyclic amines) is 1. The van der Waals surface area contributed by atoms with Gasteiger partial charge in [0.15, 0.2) is 0 Å². The Morgan fingerprint density at radius 2 is 1.78 bits per heavy atom. The highest BCUT2D eigenvalue weighted by atomic mass is 19.1. The Labute approximate surface area is 184 Å². The Morgan fingerprint density at radius 3 is 2.56 bits per heavy atom. The lowest BCUT2D eigenvalue weighted by atomic mass is 10.1. The molecular formula is C24H23FN6O. The van der Waals surface area contributed by atoms with Crippen LogP contribution in [0.15, 0.2) is 55.0 Å². The van der Waals surface area contributed by atoms with E-state index in [1.54, 1.807) is 12.4 Å². The molecule has 7 nitrogen and oxygen atoms in total. The third-order valence-corrected chi connectivity index (χ3v) is 5.86. The molecular weight excluding hydrogens is 407 g/mol. The van der Waals surface area contributed by atoms with Crippen molar-refractivity contribution < 1.29 is 9.18 Å². The van der Waals surface area contributed by atoms with Gasteiger partial charge in [-0.15, -0.1) is 0 Å². The summed E-state index contributed by atoms with van der Waals surface area (Å²) < 4.78 is 15.0. The molecule has 1 aliphatic heterocycles. The molecule has 1 amide bonds. The van der Waals surface area contributed by atoms with E-state index in [-0.39, 0.29) is 11.7 Å². The number of nitrogens with one attached hydrogen (secondary N) is 1. The van der Waals surface area contributed by atoms with E-state index in [2.05, 4.69) is 25.3 Å². The number of halogens is 1. The first kappa shape index (κ1) is 20.3. The van der Waals surface area contributed by atoms with Crippen LogP contribution in [-0.2, 0) is 13.6 Å². The minimum atomic E-state index is -0.384. The van der Waals surface area contributed by atoms with Gasteiger partial charge < -0.3 is 5.32 Å². The molecule has 0 radical (unpaired) electrons. The second-order valence-electron chi connectivity index (χ2n) is 8.06. The predicted octanol–water partition coefficient (Wildman–Crippen LogP) is 4.02. The van der Waals surface area contributed by atoms with E-state index >= 15 is 0 Å². The Kier molecular flexibility index (Phi) is 5.36. The van der Waals surface area contributed by atoms with E-state index in [0.29, 0.717) is 11.4 Å². The second-order valence-corrected chi connectivity index (χ2v) is 8.06. The van der Waals surface area contributed by atoms with Crippen LogP contribution in [0.1, 0.15) is 28.9 Å². The molecule has 3 aromatic heterocycles. The summed E-state index contributed by atoms with van der Waals surface area (Å²) in [4.78, 5) is 23.9. The summed E-state index contributed by atoms with van der Waals surface area (Å²) in [6.45, 7) is 3.07. The van der Waals surface area contributed by atoms with Crippen molar-refractivity contribution in [2.45, 2.75) is 19.4 Å². The van der Waals surface area contributed by atoms with Gasteiger partial charge in [0.25, 0.3) is 5.91 Å². The zero-order valence-electron chi connectivity index (χ0n) is 17.8.